The number of amides is 1. The van der Waals surface area contributed by atoms with E-state index in [2.05, 4.69) is 10.4 Å². The zero-order valence-corrected chi connectivity index (χ0v) is 16.4. The first kappa shape index (κ1) is 21.7. The number of carbonyl (C=O) groups is 1. The molecule has 0 saturated carbocycles. The molecule has 3 rings (SSSR count). The van der Waals surface area contributed by atoms with Crippen LogP contribution in [0.3, 0.4) is 0 Å². The summed E-state index contributed by atoms with van der Waals surface area (Å²) in [4.78, 5) is 12.1. The Kier molecular flexibility index (Phi) is 6.66. The highest BCUT2D eigenvalue weighted by molar-refractivity contribution is 6.31. The molecule has 0 aliphatic carbocycles. The van der Waals surface area contributed by atoms with Crippen LogP contribution in [0.5, 0.6) is 5.75 Å². The second kappa shape index (κ2) is 9.21. The van der Waals surface area contributed by atoms with Crippen LogP contribution in [-0.2, 0) is 13.2 Å². The van der Waals surface area contributed by atoms with E-state index in [1.807, 2.05) is 0 Å². The number of hydrogen-bond donors (Lipinski definition) is 1. The molecule has 1 aromatic carbocycles. The van der Waals surface area contributed by atoms with Crippen molar-refractivity contribution in [2.24, 2.45) is 0 Å². The number of rotatable bonds is 8. The van der Waals surface area contributed by atoms with Crippen molar-refractivity contribution in [3.05, 3.63) is 69.9 Å². The van der Waals surface area contributed by atoms with Gasteiger partial charge in [0.2, 0.25) is 11.6 Å². The van der Waals surface area contributed by atoms with Gasteiger partial charge in [0, 0.05) is 25.4 Å². The van der Waals surface area contributed by atoms with E-state index in [-0.39, 0.29) is 17.6 Å². The number of benzene rings is 1. The van der Waals surface area contributed by atoms with Gasteiger partial charge in [-0.2, -0.15) is 13.9 Å². The normalized spacial score (nSPS) is 11.0. The van der Waals surface area contributed by atoms with Crippen LogP contribution in [0.2, 0.25) is 5.02 Å². The monoisotopic (exact) mass is 445 g/mol. The molecule has 1 amide bonds. The second-order valence-corrected chi connectivity index (χ2v) is 6.69. The second-order valence-electron chi connectivity index (χ2n) is 6.29. The van der Waals surface area contributed by atoms with Crippen LogP contribution in [0, 0.1) is 30.2 Å². The standard InChI is InChI=1S/C19H16ClF4N3O3/c1-10-12(20)8-27(26-10)6-2-5-25-19(28)15-4-3-11(30-15)9-29-18-16(23)13(21)7-14(22)17(18)24/h3-4,7-8H,2,5-6,9H2,1H3,(H,25,28). The minimum absolute atomic E-state index is 0.0327. The van der Waals surface area contributed by atoms with Gasteiger partial charge >= 0.3 is 0 Å². The zero-order valence-electron chi connectivity index (χ0n) is 15.6. The third-order valence-corrected chi connectivity index (χ3v) is 4.42. The van der Waals surface area contributed by atoms with Gasteiger partial charge in [-0.25, -0.2) is 8.78 Å². The maximum atomic E-state index is 13.6. The van der Waals surface area contributed by atoms with Gasteiger partial charge in [-0.1, -0.05) is 11.6 Å². The highest BCUT2D eigenvalue weighted by Crippen LogP contribution is 2.27. The van der Waals surface area contributed by atoms with Crippen molar-refractivity contribution in [2.45, 2.75) is 26.5 Å². The molecule has 3 aromatic rings. The Bertz CT molecular complexity index is 1020. The molecule has 0 atom stereocenters. The Labute approximate surface area is 173 Å². The summed E-state index contributed by atoms with van der Waals surface area (Å²) in [6.07, 6.45) is 2.28. The number of nitrogens with one attached hydrogen (secondary N) is 1. The number of furan rings is 1. The van der Waals surface area contributed by atoms with Gasteiger partial charge in [0.15, 0.2) is 23.1 Å². The zero-order chi connectivity index (χ0) is 21.8. The van der Waals surface area contributed by atoms with Crippen molar-refractivity contribution in [1.29, 1.82) is 0 Å². The molecule has 0 fully saturated rings. The third-order valence-electron chi connectivity index (χ3n) is 4.05. The van der Waals surface area contributed by atoms with Crippen LogP contribution >= 0.6 is 11.6 Å². The van der Waals surface area contributed by atoms with Crippen LogP contribution < -0.4 is 10.1 Å². The fraction of sp³-hybridized carbons (Fsp3) is 0.263. The lowest BCUT2D eigenvalue weighted by Crippen LogP contribution is -2.24. The Morgan fingerprint density at radius 3 is 2.57 bits per heavy atom. The average molecular weight is 446 g/mol. The van der Waals surface area contributed by atoms with Gasteiger partial charge < -0.3 is 14.5 Å². The van der Waals surface area contributed by atoms with Crippen molar-refractivity contribution in [3.8, 4) is 5.75 Å². The van der Waals surface area contributed by atoms with Crippen molar-refractivity contribution in [1.82, 2.24) is 15.1 Å². The van der Waals surface area contributed by atoms with Crippen LogP contribution in [0.1, 0.15) is 28.4 Å². The van der Waals surface area contributed by atoms with E-state index in [1.54, 1.807) is 17.8 Å². The van der Waals surface area contributed by atoms with E-state index in [0.717, 1.165) is 0 Å². The van der Waals surface area contributed by atoms with Crippen LogP contribution in [0.15, 0.2) is 28.8 Å². The SMILES string of the molecule is Cc1nn(CCCNC(=O)c2ccc(COc3c(F)c(F)cc(F)c3F)o2)cc1Cl. The maximum Gasteiger partial charge on any atom is 0.286 e. The molecule has 0 aliphatic rings. The predicted octanol–water partition coefficient (Wildman–Crippen LogP) is 4.39. The number of halogens is 5. The summed E-state index contributed by atoms with van der Waals surface area (Å²) in [6.45, 7) is 2.13. The maximum absolute atomic E-state index is 13.6. The topological polar surface area (TPSA) is 69.3 Å². The molecule has 2 heterocycles. The molecule has 0 saturated heterocycles. The van der Waals surface area contributed by atoms with Gasteiger partial charge in [0.05, 0.1) is 10.7 Å². The van der Waals surface area contributed by atoms with E-state index < -0.39 is 41.5 Å². The van der Waals surface area contributed by atoms with Crippen molar-refractivity contribution in [3.63, 3.8) is 0 Å². The molecule has 0 spiro atoms. The number of hydrogen-bond acceptors (Lipinski definition) is 4. The van der Waals surface area contributed by atoms with Crippen LogP contribution in [-0.4, -0.2) is 22.2 Å². The minimum Gasteiger partial charge on any atom is -0.479 e. The molecule has 11 heteroatoms. The Hall–Kier alpha value is -3.01. The minimum atomic E-state index is -1.66. The molecule has 0 bridgehead atoms. The lowest BCUT2D eigenvalue weighted by Gasteiger charge is -2.08. The van der Waals surface area contributed by atoms with Gasteiger partial charge in [-0.05, 0) is 25.5 Å². The predicted molar refractivity (Wildman–Crippen MR) is 98.2 cm³/mol. The fourth-order valence-corrected chi connectivity index (χ4v) is 2.69. The first-order valence-corrected chi connectivity index (χ1v) is 9.16. The molecule has 30 heavy (non-hydrogen) atoms. The first-order valence-electron chi connectivity index (χ1n) is 8.78. The molecule has 160 valence electrons. The van der Waals surface area contributed by atoms with Gasteiger partial charge in [-0.3, -0.25) is 9.48 Å². The lowest BCUT2D eigenvalue weighted by molar-refractivity contribution is 0.0920. The van der Waals surface area contributed by atoms with Crippen LogP contribution in [0.25, 0.3) is 0 Å². The van der Waals surface area contributed by atoms with E-state index >= 15 is 0 Å². The smallest absolute Gasteiger partial charge is 0.286 e. The summed E-state index contributed by atoms with van der Waals surface area (Å²) in [6, 6.07) is 2.76. The van der Waals surface area contributed by atoms with E-state index in [0.29, 0.717) is 30.2 Å². The van der Waals surface area contributed by atoms with Gasteiger partial charge in [0.25, 0.3) is 5.91 Å². The largest absolute Gasteiger partial charge is 0.479 e. The summed E-state index contributed by atoms with van der Waals surface area (Å²) in [5, 5.41) is 7.40. The Morgan fingerprint density at radius 2 is 1.93 bits per heavy atom. The summed E-state index contributed by atoms with van der Waals surface area (Å²) in [5.41, 5.74) is 0.715. The van der Waals surface area contributed by atoms with Crippen molar-refractivity contribution >= 4 is 17.5 Å². The Balaban J connectivity index is 1.50. The molecule has 1 N–H and O–H groups in total. The molecule has 0 aliphatic heterocycles. The first-order chi connectivity index (χ1) is 14.3. The number of carbonyl (C=O) groups excluding carboxylic acids is 1. The van der Waals surface area contributed by atoms with Crippen LogP contribution in [0.4, 0.5) is 17.6 Å². The molecule has 6 nitrogen and oxygen atoms in total. The van der Waals surface area contributed by atoms with E-state index in [4.69, 9.17) is 20.8 Å². The third kappa shape index (κ3) is 4.93. The molecular formula is C19H16ClF4N3O3. The number of aromatic nitrogens is 2. The Morgan fingerprint density at radius 1 is 1.23 bits per heavy atom. The quantitative estimate of drug-likeness (QED) is 0.317. The fourth-order valence-electron chi connectivity index (χ4n) is 2.54. The highest BCUT2D eigenvalue weighted by atomic mass is 35.5. The summed E-state index contributed by atoms with van der Waals surface area (Å²) < 4.78 is 65.2. The number of ether oxygens (including phenoxy) is 1. The van der Waals surface area contributed by atoms with Gasteiger partial charge in [-0.15, -0.1) is 0 Å². The highest BCUT2D eigenvalue weighted by Gasteiger charge is 2.21. The van der Waals surface area contributed by atoms with Crippen molar-refractivity contribution < 1.29 is 31.5 Å². The van der Waals surface area contributed by atoms with E-state index in [1.165, 1.54) is 12.1 Å². The molecule has 0 unspecified atom stereocenters. The van der Waals surface area contributed by atoms with Crippen molar-refractivity contribution in [2.75, 3.05) is 6.54 Å². The average Bonchev–Trinajstić information content (AvgIpc) is 3.30. The summed E-state index contributed by atoms with van der Waals surface area (Å²) in [7, 11) is 0. The molecule has 0 radical (unpaired) electrons. The molecule has 2 aromatic heterocycles. The molecular weight excluding hydrogens is 430 g/mol. The number of nitrogens with zero attached hydrogens (tertiary/aromatic N) is 2. The lowest BCUT2D eigenvalue weighted by atomic mass is 10.3. The summed E-state index contributed by atoms with van der Waals surface area (Å²) in [5.74, 6) is -8.23. The van der Waals surface area contributed by atoms with E-state index in [9.17, 15) is 22.4 Å². The summed E-state index contributed by atoms with van der Waals surface area (Å²) >= 11 is 5.92. The number of aryl methyl sites for hydroxylation is 2. The van der Waals surface area contributed by atoms with Gasteiger partial charge in [0.1, 0.15) is 12.4 Å².